The lowest BCUT2D eigenvalue weighted by Gasteiger charge is -2.17. The maximum absolute atomic E-state index is 11.2. The average molecular weight is 302 g/mol. The van der Waals surface area contributed by atoms with Gasteiger partial charge in [0, 0.05) is 6.42 Å². The fourth-order valence-corrected chi connectivity index (χ4v) is 3.00. The molecule has 0 radical (unpaired) electrons. The Balaban J connectivity index is 1.65. The van der Waals surface area contributed by atoms with Crippen molar-refractivity contribution in [2.24, 2.45) is 0 Å². The highest BCUT2D eigenvalue weighted by atomic mass is 35.5. The van der Waals surface area contributed by atoms with Crippen molar-refractivity contribution in [2.75, 3.05) is 0 Å². The molecule has 2 heterocycles. The molecule has 0 aliphatic carbocycles. The van der Waals surface area contributed by atoms with Crippen molar-refractivity contribution in [3.63, 3.8) is 0 Å². The van der Waals surface area contributed by atoms with Crippen LogP contribution in [0.3, 0.4) is 0 Å². The normalized spacial score (nSPS) is 18.4. The van der Waals surface area contributed by atoms with Crippen LogP contribution in [0, 0.1) is 0 Å². The van der Waals surface area contributed by atoms with Crippen molar-refractivity contribution < 1.29 is 9.15 Å². The summed E-state index contributed by atoms with van der Waals surface area (Å²) in [7, 11) is 0. The maximum Gasteiger partial charge on any atom is 0.417 e. The smallest absolute Gasteiger partial charge is 0.417 e. The van der Waals surface area contributed by atoms with Crippen LogP contribution in [0.4, 0.5) is 0 Å². The minimum Gasteiger partial charge on any atom is -0.488 e. The Hall–Kier alpha value is -2.20. The second kappa shape index (κ2) is 4.67. The predicted molar refractivity (Wildman–Crippen MR) is 80.0 cm³/mol. The summed E-state index contributed by atoms with van der Waals surface area (Å²) in [4.78, 5) is 13.8. The SMILES string of the molecule is O=c1[nH]c2ccc(C(Cl)C3Cc4ccccc4O3)cc2o1. The van der Waals surface area contributed by atoms with Crippen molar-refractivity contribution in [3.8, 4) is 5.75 Å². The number of alkyl halides is 1. The number of hydrogen-bond acceptors (Lipinski definition) is 3. The molecule has 3 aromatic rings. The van der Waals surface area contributed by atoms with Crippen LogP contribution in [0.25, 0.3) is 11.1 Å². The van der Waals surface area contributed by atoms with Crippen LogP contribution in [0.5, 0.6) is 5.75 Å². The highest BCUT2D eigenvalue weighted by molar-refractivity contribution is 6.21. The second-order valence-corrected chi connectivity index (χ2v) is 5.61. The molecule has 1 N–H and O–H groups in total. The molecule has 0 saturated carbocycles. The van der Waals surface area contributed by atoms with Crippen LogP contribution in [0.1, 0.15) is 16.5 Å². The fourth-order valence-electron chi connectivity index (χ4n) is 2.72. The predicted octanol–water partition coefficient (Wildman–Crippen LogP) is 3.40. The van der Waals surface area contributed by atoms with Crippen molar-refractivity contribution in [3.05, 3.63) is 64.1 Å². The zero-order valence-corrected chi connectivity index (χ0v) is 11.8. The van der Waals surface area contributed by atoms with Crippen molar-refractivity contribution in [2.45, 2.75) is 17.9 Å². The van der Waals surface area contributed by atoms with Crippen molar-refractivity contribution >= 4 is 22.7 Å². The summed E-state index contributed by atoms with van der Waals surface area (Å²) in [6.07, 6.45) is 0.659. The molecular weight excluding hydrogens is 290 g/mol. The topological polar surface area (TPSA) is 55.2 Å². The molecule has 0 spiro atoms. The van der Waals surface area contributed by atoms with E-state index in [9.17, 15) is 4.79 Å². The molecular formula is C16H12ClNO3. The number of ether oxygens (including phenoxy) is 1. The number of aromatic nitrogens is 1. The van der Waals surface area contributed by atoms with E-state index in [-0.39, 0.29) is 11.5 Å². The average Bonchev–Trinajstić information content (AvgIpc) is 3.07. The zero-order valence-electron chi connectivity index (χ0n) is 11.0. The van der Waals surface area contributed by atoms with Gasteiger partial charge in [-0.3, -0.25) is 4.98 Å². The molecule has 4 rings (SSSR count). The Morgan fingerprint density at radius 1 is 1.24 bits per heavy atom. The minimum absolute atomic E-state index is 0.118. The number of hydrogen-bond donors (Lipinski definition) is 1. The van der Waals surface area contributed by atoms with Gasteiger partial charge in [-0.2, -0.15) is 0 Å². The largest absolute Gasteiger partial charge is 0.488 e. The van der Waals surface area contributed by atoms with Crippen LogP contribution in [-0.4, -0.2) is 11.1 Å². The minimum atomic E-state index is -0.460. The molecule has 1 aliphatic rings. The van der Waals surface area contributed by atoms with E-state index in [0.717, 1.165) is 17.7 Å². The molecule has 21 heavy (non-hydrogen) atoms. The summed E-state index contributed by atoms with van der Waals surface area (Å²) < 4.78 is 11.0. The first-order valence-electron chi connectivity index (χ1n) is 6.72. The molecule has 2 aromatic carbocycles. The summed E-state index contributed by atoms with van der Waals surface area (Å²) in [5.41, 5.74) is 3.23. The Morgan fingerprint density at radius 3 is 2.95 bits per heavy atom. The highest BCUT2D eigenvalue weighted by Gasteiger charge is 2.30. The van der Waals surface area contributed by atoms with Gasteiger partial charge in [0.2, 0.25) is 0 Å². The lowest BCUT2D eigenvalue weighted by molar-refractivity contribution is 0.227. The number of aromatic amines is 1. The molecule has 0 fully saturated rings. The number of halogens is 1. The zero-order chi connectivity index (χ0) is 14.4. The van der Waals surface area contributed by atoms with Gasteiger partial charge in [-0.05, 0) is 29.3 Å². The van der Waals surface area contributed by atoms with Crippen LogP contribution in [0.2, 0.25) is 0 Å². The van der Waals surface area contributed by atoms with E-state index < -0.39 is 5.76 Å². The summed E-state index contributed by atoms with van der Waals surface area (Å²) in [6, 6.07) is 13.4. The number of rotatable bonds is 2. The summed E-state index contributed by atoms with van der Waals surface area (Å²) in [6.45, 7) is 0. The van der Waals surface area contributed by atoms with E-state index in [1.165, 1.54) is 5.56 Å². The van der Waals surface area contributed by atoms with Gasteiger partial charge in [0.05, 0.1) is 10.9 Å². The van der Waals surface area contributed by atoms with Crippen molar-refractivity contribution in [1.29, 1.82) is 0 Å². The first-order valence-corrected chi connectivity index (χ1v) is 7.16. The third-order valence-electron chi connectivity index (χ3n) is 3.76. The van der Waals surface area contributed by atoms with Crippen LogP contribution >= 0.6 is 11.6 Å². The quantitative estimate of drug-likeness (QED) is 0.738. The lowest BCUT2D eigenvalue weighted by atomic mass is 10.0. The van der Waals surface area contributed by atoms with E-state index in [0.29, 0.717) is 11.1 Å². The fraction of sp³-hybridized carbons (Fsp3) is 0.188. The standard InChI is InChI=1S/C16H12ClNO3/c17-15(14-7-9-3-1-2-4-12(9)20-14)10-5-6-11-13(8-10)21-16(19)18-11/h1-6,8,14-15H,7H2,(H,18,19). The lowest BCUT2D eigenvalue weighted by Crippen LogP contribution is -2.19. The molecule has 1 aliphatic heterocycles. The number of nitrogens with one attached hydrogen (secondary N) is 1. The van der Waals surface area contributed by atoms with Gasteiger partial charge < -0.3 is 9.15 Å². The number of para-hydroxylation sites is 1. The van der Waals surface area contributed by atoms with Crippen LogP contribution in [0.15, 0.2) is 51.7 Å². The van der Waals surface area contributed by atoms with Gasteiger partial charge in [-0.15, -0.1) is 11.6 Å². The molecule has 0 saturated heterocycles. The molecule has 2 atom stereocenters. The third-order valence-corrected chi connectivity index (χ3v) is 4.29. The first-order chi connectivity index (χ1) is 10.2. The number of benzene rings is 2. The third kappa shape index (κ3) is 2.12. The monoisotopic (exact) mass is 301 g/mol. The number of H-pyrrole nitrogens is 1. The highest BCUT2D eigenvalue weighted by Crippen LogP contribution is 2.37. The van der Waals surface area contributed by atoms with E-state index in [1.54, 1.807) is 12.1 Å². The first kappa shape index (κ1) is 12.5. The summed E-state index contributed by atoms with van der Waals surface area (Å²) >= 11 is 6.55. The molecule has 2 unspecified atom stereocenters. The van der Waals surface area contributed by atoms with Gasteiger partial charge in [0.15, 0.2) is 5.58 Å². The van der Waals surface area contributed by atoms with E-state index in [4.69, 9.17) is 20.8 Å². The van der Waals surface area contributed by atoms with Crippen molar-refractivity contribution in [1.82, 2.24) is 4.98 Å². The van der Waals surface area contributed by atoms with E-state index in [2.05, 4.69) is 4.98 Å². The van der Waals surface area contributed by atoms with Crippen LogP contribution < -0.4 is 10.5 Å². The summed E-state index contributed by atoms with van der Waals surface area (Å²) in [5.74, 6) is 0.431. The van der Waals surface area contributed by atoms with Gasteiger partial charge >= 0.3 is 5.76 Å². The van der Waals surface area contributed by atoms with Crippen LogP contribution in [-0.2, 0) is 6.42 Å². The number of fused-ring (bicyclic) bond motifs is 2. The number of oxazole rings is 1. The second-order valence-electron chi connectivity index (χ2n) is 5.14. The molecule has 106 valence electrons. The molecule has 0 amide bonds. The Morgan fingerprint density at radius 2 is 2.10 bits per heavy atom. The maximum atomic E-state index is 11.2. The molecule has 4 nitrogen and oxygen atoms in total. The Kier molecular flexibility index (Phi) is 2.79. The van der Waals surface area contributed by atoms with Gasteiger partial charge in [0.25, 0.3) is 0 Å². The van der Waals surface area contributed by atoms with E-state index in [1.807, 2.05) is 30.3 Å². The van der Waals surface area contributed by atoms with Gasteiger partial charge in [-0.25, -0.2) is 4.79 Å². The summed E-state index contributed by atoms with van der Waals surface area (Å²) in [5, 5.41) is -0.304. The van der Waals surface area contributed by atoms with Gasteiger partial charge in [0.1, 0.15) is 11.9 Å². The Bertz CT molecular complexity index is 842. The Labute approximate surface area is 125 Å². The van der Waals surface area contributed by atoms with Gasteiger partial charge in [-0.1, -0.05) is 24.3 Å². The molecule has 1 aromatic heterocycles. The molecule has 5 heteroatoms. The molecule has 0 bridgehead atoms. The van der Waals surface area contributed by atoms with E-state index >= 15 is 0 Å².